The molecule has 0 amide bonds. The van der Waals surface area contributed by atoms with Crippen LogP contribution in [0.25, 0.3) is 0 Å². The van der Waals surface area contributed by atoms with Gasteiger partial charge in [0.05, 0.1) is 5.25 Å². The van der Waals surface area contributed by atoms with Gasteiger partial charge in [-0.25, -0.2) is 13.6 Å². The minimum atomic E-state index is -3.53. The zero-order valence-electron chi connectivity index (χ0n) is 6.94. The van der Waals surface area contributed by atoms with E-state index >= 15 is 0 Å². The van der Waals surface area contributed by atoms with Crippen molar-refractivity contribution in [1.29, 1.82) is 0 Å². The highest BCUT2D eigenvalue weighted by molar-refractivity contribution is 9.10. The molecule has 0 saturated carbocycles. The molecule has 0 bridgehead atoms. The molecular weight excluding hydrogens is 256 g/mol. The fourth-order valence-corrected chi connectivity index (χ4v) is 1.73. The minimum Gasteiger partial charge on any atom is -0.263 e. The van der Waals surface area contributed by atoms with Crippen LogP contribution in [0.15, 0.2) is 22.9 Å². The Kier molecular flexibility index (Phi) is 3.05. The summed E-state index contributed by atoms with van der Waals surface area (Å²) in [6, 6.07) is 1.68. The van der Waals surface area contributed by atoms with Gasteiger partial charge in [-0.3, -0.25) is 4.98 Å². The van der Waals surface area contributed by atoms with Crippen LogP contribution in [0.4, 0.5) is 0 Å². The van der Waals surface area contributed by atoms with Gasteiger partial charge in [0.2, 0.25) is 10.0 Å². The molecule has 13 heavy (non-hydrogen) atoms. The van der Waals surface area contributed by atoms with Crippen molar-refractivity contribution < 1.29 is 8.42 Å². The molecule has 0 radical (unpaired) electrons. The zero-order valence-corrected chi connectivity index (χ0v) is 9.34. The second kappa shape index (κ2) is 3.73. The molecule has 1 atom stereocenters. The Hall–Kier alpha value is -0.460. The molecule has 0 aromatic carbocycles. The number of nitrogens with two attached hydrogens (primary N) is 1. The highest BCUT2D eigenvalue weighted by Crippen LogP contribution is 2.21. The van der Waals surface area contributed by atoms with E-state index in [4.69, 9.17) is 5.14 Å². The molecule has 0 fully saturated rings. The number of nitrogens with zero attached hydrogens (tertiary/aromatic N) is 1. The molecule has 1 rings (SSSR count). The average molecular weight is 265 g/mol. The summed E-state index contributed by atoms with van der Waals surface area (Å²) in [5, 5.41) is 4.27. The lowest BCUT2D eigenvalue weighted by Gasteiger charge is -2.08. The Morgan fingerprint density at radius 3 is 2.62 bits per heavy atom. The van der Waals surface area contributed by atoms with Crippen molar-refractivity contribution in [3.63, 3.8) is 0 Å². The zero-order chi connectivity index (χ0) is 10.1. The van der Waals surface area contributed by atoms with Crippen LogP contribution in [0.2, 0.25) is 0 Å². The van der Waals surface area contributed by atoms with Crippen molar-refractivity contribution >= 4 is 26.0 Å². The van der Waals surface area contributed by atoms with Gasteiger partial charge in [-0.05, 0) is 34.5 Å². The summed E-state index contributed by atoms with van der Waals surface area (Å²) in [7, 11) is -3.53. The Bertz CT molecular complexity index is 405. The van der Waals surface area contributed by atoms with Gasteiger partial charge in [0.1, 0.15) is 0 Å². The van der Waals surface area contributed by atoms with E-state index < -0.39 is 15.3 Å². The lowest BCUT2D eigenvalue weighted by molar-refractivity contribution is 0.588. The molecule has 4 nitrogen and oxygen atoms in total. The van der Waals surface area contributed by atoms with Gasteiger partial charge in [-0.15, -0.1) is 0 Å². The summed E-state index contributed by atoms with van der Waals surface area (Å²) < 4.78 is 22.7. The van der Waals surface area contributed by atoms with E-state index in [1.165, 1.54) is 13.1 Å². The minimum absolute atomic E-state index is 0.580. The smallest absolute Gasteiger partial charge is 0.215 e. The van der Waals surface area contributed by atoms with Crippen LogP contribution in [-0.4, -0.2) is 13.4 Å². The van der Waals surface area contributed by atoms with Gasteiger partial charge >= 0.3 is 0 Å². The maximum atomic E-state index is 11.0. The predicted molar refractivity (Wildman–Crippen MR) is 53.5 cm³/mol. The number of aromatic nitrogens is 1. The molecule has 0 aliphatic carbocycles. The standard InChI is InChI=1S/C7H9BrN2O2S/c1-5(13(9,11)12)6-2-7(8)4-10-3-6/h2-5H,1H3,(H2,9,11,12). The lowest BCUT2D eigenvalue weighted by Crippen LogP contribution is -2.19. The molecule has 72 valence electrons. The Morgan fingerprint density at radius 1 is 1.54 bits per heavy atom. The third-order valence-electron chi connectivity index (χ3n) is 1.69. The molecule has 0 aliphatic rings. The number of hydrogen-bond acceptors (Lipinski definition) is 3. The lowest BCUT2D eigenvalue weighted by atomic mass is 10.2. The van der Waals surface area contributed by atoms with E-state index in [-0.39, 0.29) is 0 Å². The fourth-order valence-electron chi connectivity index (χ4n) is 0.840. The summed E-state index contributed by atoms with van der Waals surface area (Å²) in [4.78, 5) is 3.85. The highest BCUT2D eigenvalue weighted by atomic mass is 79.9. The van der Waals surface area contributed by atoms with Gasteiger partial charge in [-0.2, -0.15) is 0 Å². The van der Waals surface area contributed by atoms with Crippen LogP contribution in [0, 0.1) is 0 Å². The quantitative estimate of drug-likeness (QED) is 0.873. The van der Waals surface area contributed by atoms with Gasteiger partial charge < -0.3 is 0 Å². The number of sulfonamides is 1. The largest absolute Gasteiger partial charge is 0.263 e. The molecule has 1 heterocycles. The summed E-state index contributed by atoms with van der Waals surface area (Å²) >= 11 is 3.20. The van der Waals surface area contributed by atoms with Crippen LogP contribution in [0.1, 0.15) is 17.7 Å². The summed E-state index contributed by atoms with van der Waals surface area (Å²) in [6.45, 7) is 1.53. The first-order chi connectivity index (χ1) is 5.91. The van der Waals surface area contributed by atoms with E-state index in [0.29, 0.717) is 5.56 Å². The van der Waals surface area contributed by atoms with Gasteiger partial charge in [0.25, 0.3) is 0 Å². The summed E-state index contributed by atoms with van der Waals surface area (Å²) in [5.41, 5.74) is 0.580. The van der Waals surface area contributed by atoms with Crippen molar-refractivity contribution in [2.45, 2.75) is 12.2 Å². The molecule has 1 aromatic rings. The first kappa shape index (κ1) is 10.6. The second-order valence-electron chi connectivity index (χ2n) is 2.67. The van der Waals surface area contributed by atoms with Gasteiger partial charge in [-0.1, -0.05) is 0 Å². The summed E-state index contributed by atoms with van der Waals surface area (Å²) in [6.07, 6.45) is 3.07. The number of halogens is 1. The van der Waals surface area contributed by atoms with E-state index in [1.807, 2.05) is 0 Å². The third kappa shape index (κ3) is 2.75. The SMILES string of the molecule is CC(c1cncc(Br)c1)S(N)(=O)=O. The normalized spacial score (nSPS) is 14.1. The Balaban J connectivity index is 3.10. The number of pyridine rings is 1. The van der Waals surface area contributed by atoms with Gasteiger partial charge in [0, 0.05) is 16.9 Å². The first-order valence-electron chi connectivity index (χ1n) is 3.53. The van der Waals surface area contributed by atoms with E-state index in [9.17, 15) is 8.42 Å². The van der Waals surface area contributed by atoms with Crippen LogP contribution in [0.3, 0.4) is 0 Å². The molecule has 6 heteroatoms. The van der Waals surface area contributed by atoms with E-state index in [0.717, 1.165) is 4.47 Å². The van der Waals surface area contributed by atoms with Crippen LogP contribution >= 0.6 is 15.9 Å². The van der Waals surface area contributed by atoms with Crippen molar-refractivity contribution in [3.8, 4) is 0 Å². The summed E-state index contributed by atoms with van der Waals surface area (Å²) in [5.74, 6) is 0. The monoisotopic (exact) mass is 264 g/mol. The van der Waals surface area contributed by atoms with Crippen molar-refractivity contribution in [1.82, 2.24) is 4.98 Å². The second-order valence-corrected chi connectivity index (χ2v) is 5.47. The predicted octanol–water partition coefficient (Wildman–Crippen LogP) is 1.19. The van der Waals surface area contributed by atoms with Crippen LogP contribution in [0.5, 0.6) is 0 Å². The van der Waals surface area contributed by atoms with Crippen LogP contribution in [-0.2, 0) is 10.0 Å². The highest BCUT2D eigenvalue weighted by Gasteiger charge is 2.17. The van der Waals surface area contributed by atoms with E-state index in [1.54, 1.807) is 12.3 Å². The Labute approximate surface area is 85.3 Å². The van der Waals surface area contributed by atoms with Crippen molar-refractivity contribution in [3.05, 3.63) is 28.5 Å². The molecular formula is C7H9BrN2O2S. The average Bonchev–Trinajstić information content (AvgIpc) is 2.01. The molecule has 1 unspecified atom stereocenters. The molecule has 0 aliphatic heterocycles. The molecule has 0 spiro atoms. The molecule has 2 N–H and O–H groups in total. The number of hydrogen-bond donors (Lipinski definition) is 1. The molecule has 1 aromatic heterocycles. The molecule has 0 saturated heterocycles. The van der Waals surface area contributed by atoms with E-state index in [2.05, 4.69) is 20.9 Å². The number of rotatable bonds is 2. The van der Waals surface area contributed by atoms with Crippen LogP contribution < -0.4 is 5.14 Å². The van der Waals surface area contributed by atoms with Gasteiger partial charge in [0.15, 0.2) is 0 Å². The van der Waals surface area contributed by atoms with Crippen molar-refractivity contribution in [2.75, 3.05) is 0 Å². The Morgan fingerprint density at radius 2 is 2.15 bits per heavy atom. The number of primary sulfonamides is 1. The fraction of sp³-hybridized carbons (Fsp3) is 0.286. The maximum Gasteiger partial charge on any atom is 0.215 e. The third-order valence-corrected chi connectivity index (χ3v) is 3.38. The van der Waals surface area contributed by atoms with Crippen molar-refractivity contribution in [2.24, 2.45) is 5.14 Å². The maximum absolute atomic E-state index is 11.0. The topological polar surface area (TPSA) is 73.0 Å². The first-order valence-corrected chi connectivity index (χ1v) is 5.93.